The number of anilines is 3. The lowest BCUT2D eigenvalue weighted by molar-refractivity contribution is -0.173. The normalized spacial score (nSPS) is 12.3. The van der Waals surface area contributed by atoms with Gasteiger partial charge >= 0.3 is 12.1 Å². The molecule has 0 aromatic heterocycles. The number of aryl methyl sites for hydroxylation is 1. The molecule has 0 aliphatic rings. The minimum atomic E-state index is -5.04. The number of nitrogens with one attached hydrogen (secondary N) is 4. The summed E-state index contributed by atoms with van der Waals surface area (Å²) in [6.45, 7) is 9.04. The zero-order valence-electron chi connectivity index (χ0n) is 19.3. The van der Waals surface area contributed by atoms with Crippen LogP contribution < -0.4 is 20.9 Å². The quantitative estimate of drug-likeness (QED) is 0.401. The highest BCUT2D eigenvalue weighted by Gasteiger charge is 2.38. The van der Waals surface area contributed by atoms with E-state index in [2.05, 4.69) is 15.5 Å². The molecule has 4 N–H and O–H groups in total. The molecular formula is C22H27F3N4O4S. The molecule has 34 heavy (non-hydrogen) atoms. The molecular weight excluding hydrogens is 473 g/mol. The predicted octanol–water partition coefficient (Wildman–Crippen LogP) is 4.42. The van der Waals surface area contributed by atoms with Crippen LogP contribution in [-0.4, -0.2) is 26.4 Å². The largest absolute Gasteiger partial charge is 0.472 e. The van der Waals surface area contributed by atoms with Gasteiger partial charge in [0.2, 0.25) is 5.91 Å². The summed E-state index contributed by atoms with van der Waals surface area (Å²) in [6.07, 6.45) is -5.04. The molecule has 8 nitrogen and oxygen atoms in total. The molecule has 0 fully saturated rings. The molecule has 0 aliphatic carbocycles. The second-order valence-electron chi connectivity index (χ2n) is 8.57. The Bertz CT molecular complexity index is 1160. The van der Waals surface area contributed by atoms with E-state index in [4.69, 9.17) is 0 Å². The van der Waals surface area contributed by atoms with Crippen LogP contribution in [0.5, 0.6) is 0 Å². The molecule has 0 saturated heterocycles. The zero-order valence-corrected chi connectivity index (χ0v) is 20.1. The molecule has 2 aromatic carbocycles. The first-order valence-electron chi connectivity index (χ1n) is 10.2. The summed E-state index contributed by atoms with van der Waals surface area (Å²) in [7, 11) is -4.05. The van der Waals surface area contributed by atoms with Crippen molar-refractivity contribution < 1.29 is 31.2 Å². The van der Waals surface area contributed by atoms with E-state index in [1.807, 2.05) is 13.8 Å². The highest BCUT2D eigenvalue weighted by Crippen LogP contribution is 2.29. The Morgan fingerprint density at radius 2 is 1.41 bits per heavy atom. The predicted molar refractivity (Wildman–Crippen MR) is 123 cm³/mol. The van der Waals surface area contributed by atoms with Crippen LogP contribution in [0.4, 0.5) is 30.2 Å². The molecule has 0 aliphatic heterocycles. The van der Waals surface area contributed by atoms with E-state index in [0.717, 1.165) is 0 Å². The Hall–Kier alpha value is -3.28. The number of halogens is 3. The lowest BCUT2D eigenvalue weighted by atomic mass is 9.80. The molecule has 2 rings (SSSR count). The summed E-state index contributed by atoms with van der Waals surface area (Å²) >= 11 is 0. The fourth-order valence-corrected chi connectivity index (χ4v) is 3.88. The highest BCUT2D eigenvalue weighted by molar-refractivity contribution is 7.92. The van der Waals surface area contributed by atoms with Crippen molar-refractivity contribution in [2.45, 2.75) is 45.7 Å². The van der Waals surface area contributed by atoms with Gasteiger partial charge in [-0.1, -0.05) is 33.8 Å². The van der Waals surface area contributed by atoms with Crippen molar-refractivity contribution in [1.29, 1.82) is 0 Å². The fraction of sp³-hybridized carbons (Fsp3) is 0.364. The molecule has 0 atom stereocenters. The van der Waals surface area contributed by atoms with Gasteiger partial charge in [0, 0.05) is 16.8 Å². The third-order valence-electron chi connectivity index (χ3n) is 5.48. The van der Waals surface area contributed by atoms with Gasteiger partial charge in [-0.25, -0.2) is 8.42 Å². The van der Waals surface area contributed by atoms with Crippen molar-refractivity contribution in [3.8, 4) is 0 Å². The molecule has 12 heteroatoms. The summed E-state index contributed by atoms with van der Waals surface area (Å²) in [5, 5.41) is 2.75. The van der Waals surface area contributed by atoms with Crippen molar-refractivity contribution in [1.82, 2.24) is 5.43 Å². The van der Waals surface area contributed by atoms with Crippen molar-refractivity contribution >= 4 is 38.9 Å². The number of hydrazine groups is 1. The van der Waals surface area contributed by atoms with Crippen LogP contribution in [0.1, 0.15) is 33.3 Å². The highest BCUT2D eigenvalue weighted by atomic mass is 32.2. The number of alkyl halides is 3. The monoisotopic (exact) mass is 500 g/mol. The second-order valence-corrected chi connectivity index (χ2v) is 10.2. The number of rotatable bonds is 8. The van der Waals surface area contributed by atoms with E-state index >= 15 is 0 Å². The van der Waals surface area contributed by atoms with Crippen LogP contribution in [0.2, 0.25) is 0 Å². The molecule has 0 saturated carbocycles. The first-order valence-corrected chi connectivity index (χ1v) is 11.7. The minimum absolute atomic E-state index is 0.0488. The standard InChI is InChI=1S/C22H27F3N4O4S/c1-13(2)21(4,5)19(30)26-17-7-6-14(3)18(12-17)34(32,33)29-16-10-8-15(9-11-16)27-28-20(31)22(23,24)25/h6-13,27,29H,1-5H3,(H,26,30)(H,28,31). The van der Waals surface area contributed by atoms with E-state index in [1.54, 1.807) is 32.9 Å². The van der Waals surface area contributed by atoms with E-state index < -0.39 is 27.5 Å². The van der Waals surface area contributed by atoms with Gasteiger partial charge in [-0.15, -0.1) is 0 Å². The molecule has 2 amide bonds. The number of carbonyl (C=O) groups excluding carboxylic acids is 2. The lowest BCUT2D eigenvalue weighted by Crippen LogP contribution is -2.40. The first-order chi connectivity index (χ1) is 15.5. The average Bonchev–Trinajstić information content (AvgIpc) is 2.73. The van der Waals surface area contributed by atoms with E-state index in [-0.39, 0.29) is 28.1 Å². The maximum absolute atomic E-state index is 13.0. The van der Waals surface area contributed by atoms with Crippen molar-refractivity contribution in [2.24, 2.45) is 11.3 Å². The molecule has 0 heterocycles. The molecule has 0 unspecified atom stereocenters. The van der Waals surface area contributed by atoms with E-state index in [1.165, 1.54) is 35.8 Å². The van der Waals surface area contributed by atoms with Crippen LogP contribution in [-0.2, 0) is 19.6 Å². The van der Waals surface area contributed by atoms with Crippen LogP contribution >= 0.6 is 0 Å². The van der Waals surface area contributed by atoms with Gasteiger partial charge in [-0.3, -0.25) is 25.2 Å². The topological polar surface area (TPSA) is 116 Å². The van der Waals surface area contributed by atoms with E-state index in [0.29, 0.717) is 11.3 Å². The second kappa shape index (κ2) is 9.92. The van der Waals surface area contributed by atoms with Gasteiger partial charge in [0.05, 0.1) is 10.6 Å². The summed E-state index contributed by atoms with van der Waals surface area (Å²) in [5.41, 5.74) is 3.93. The summed E-state index contributed by atoms with van der Waals surface area (Å²) in [4.78, 5) is 23.4. The Balaban J connectivity index is 2.16. The minimum Gasteiger partial charge on any atom is -0.326 e. The molecule has 0 spiro atoms. The third-order valence-corrected chi connectivity index (χ3v) is 7.00. The molecule has 0 radical (unpaired) electrons. The summed E-state index contributed by atoms with van der Waals surface area (Å²) in [6, 6.07) is 9.73. The number of amides is 2. The Morgan fingerprint density at radius 3 is 1.94 bits per heavy atom. The van der Waals surface area contributed by atoms with Gasteiger partial charge in [0.1, 0.15) is 0 Å². The molecule has 2 aromatic rings. The number of sulfonamides is 1. The van der Waals surface area contributed by atoms with Gasteiger partial charge in [0.15, 0.2) is 0 Å². The zero-order chi connectivity index (χ0) is 25.9. The van der Waals surface area contributed by atoms with Gasteiger partial charge in [-0.2, -0.15) is 13.2 Å². The van der Waals surface area contributed by atoms with Crippen molar-refractivity contribution in [2.75, 3.05) is 15.5 Å². The number of benzene rings is 2. The van der Waals surface area contributed by atoms with Gasteiger partial charge < -0.3 is 5.32 Å². The Labute approximate surface area is 196 Å². The summed E-state index contributed by atoms with van der Waals surface area (Å²) < 4.78 is 65.0. The maximum atomic E-state index is 13.0. The summed E-state index contributed by atoms with van der Waals surface area (Å²) in [5.74, 6) is -2.36. The van der Waals surface area contributed by atoms with Gasteiger partial charge in [0.25, 0.3) is 10.0 Å². The number of hydrogen-bond acceptors (Lipinski definition) is 5. The molecule has 0 bridgehead atoms. The smallest absolute Gasteiger partial charge is 0.326 e. The Kier molecular flexibility index (Phi) is 7.87. The first kappa shape index (κ1) is 27.0. The number of hydrogen-bond donors (Lipinski definition) is 4. The lowest BCUT2D eigenvalue weighted by Gasteiger charge is -2.27. The number of carbonyl (C=O) groups is 2. The third kappa shape index (κ3) is 6.62. The van der Waals surface area contributed by atoms with Crippen LogP contribution in [0, 0.1) is 18.3 Å². The Morgan fingerprint density at radius 1 is 0.882 bits per heavy atom. The molecule has 186 valence electrons. The van der Waals surface area contributed by atoms with E-state index in [9.17, 15) is 31.2 Å². The van der Waals surface area contributed by atoms with Crippen molar-refractivity contribution in [3.05, 3.63) is 48.0 Å². The van der Waals surface area contributed by atoms with Gasteiger partial charge in [-0.05, 0) is 54.8 Å². The van der Waals surface area contributed by atoms with Crippen LogP contribution in [0.3, 0.4) is 0 Å². The SMILES string of the molecule is Cc1ccc(NC(=O)C(C)(C)C(C)C)cc1S(=O)(=O)Nc1ccc(NNC(=O)C(F)(F)F)cc1. The average molecular weight is 501 g/mol. The maximum Gasteiger partial charge on any atom is 0.472 e. The van der Waals surface area contributed by atoms with Crippen molar-refractivity contribution in [3.63, 3.8) is 0 Å². The van der Waals surface area contributed by atoms with Crippen LogP contribution in [0.25, 0.3) is 0 Å². The fourth-order valence-electron chi connectivity index (χ4n) is 2.55. The van der Waals surface area contributed by atoms with Crippen LogP contribution in [0.15, 0.2) is 47.4 Å².